The summed E-state index contributed by atoms with van der Waals surface area (Å²) in [6.45, 7) is 1.98. The van der Waals surface area contributed by atoms with Crippen LogP contribution in [0, 0.1) is 17.1 Å². The number of nitriles is 1. The van der Waals surface area contributed by atoms with E-state index in [0.29, 0.717) is 0 Å². The summed E-state index contributed by atoms with van der Waals surface area (Å²) in [5.41, 5.74) is 0.268. The van der Waals surface area contributed by atoms with E-state index in [4.69, 9.17) is 5.26 Å². The maximum absolute atomic E-state index is 13.5. The quantitative estimate of drug-likeness (QED) is 0.884. The Morgan fingerprint density at radius 3 is 2.90 bits per heavy atom. The molecule has 0 radical (unpaired) electrons. The van der Waals surface area contributed by atoms with Crippen LogP contribution in [-0.4, -0.2) is 18.6 Å². The fourth-order valence-electron chi connectivity index (χ4n) is 1.84. The van der Waals surface area contributed by atoms with Gasteiger partial charge < -0.3 is 0 Å². The number of sulfonamides is 1. The summed E-state index contributed by atoms with van der Waals surface area (Å²) in [5, 5.41) is 15.4. The molecule has 21 heavy (non-hydrogen) atoms. The summed E-state index contributed by atoms with van der Waals surface area (Å²) in [4.78, 5) is -0.412. The Labute approximate surface area is 121 Å². The summed E-state index contributed by atoms with van der Waals surface area (Å²) in [7, 11) is -4.08. The van der Waals surface area contributed by atoms with Crippen LogP contribution in [0.4, 0.5) is 10.2 Å². The zero-order valence-electron chi connectivity index (χ0n) is 11.2. The molecule has 2 rings (SSSR count). The molecule has 2 aromatic rings. The van der Waals surface area contributed by atoms with Gasteiger partial charge in [0.25, 0.3) is 10.0 Å². The van der Waals surface area contributed by atoms with E-state index < -0.39 is 26.3 Å². The second-order valence-corrected chi connectivity index (χ2v) is 6.01. The minimum atomic E-state index is -4.08. The Bertz CT molecular complexity index is 793. The largest absolute Gasteiger partial charge is 0.280 e. The first-order chi connectivity index (χ1) is 9.97. The van der Waals surface area contributed by atoms with Gasteiger partial charge in [-0.25, -0.2) is 12.8 Å². The third kappa shape index (κ3) is 3.20. The number of anilines is 1. The molecule has 0 amide bonds. The normalized spacial score (nSPS) is 11.1. The second-order valence-electron chi connectivity index (χ2n) is 4.36. The van der Waals surface area contributed by atoms with Crippen LogP contribution < -0.4 is 4.72 Å². The average Bonchev–Trinajstić information content (AvgIpc) is 2.85. The van der Waals surface area contributed by atoms with E-state index in [1.807, 2.05) is 6.92 Å². The summed E-state index contributed by atoms with van der Waals surface area (Å²) < 4.78 is 40.2. The Morgan fingerprint density at radius 1 is 1.48 bits per heavy atom. The van der Waals surface area contributed by atoms with Gasteiger partial charge in [0, 0.05) is 11.8 Å². The first-order valence-electron chi connectivity index (χ1n) is 6.23. The number of aromatic amines is 1. The summed E-state index contributed by atoms with van der Waals surface area (Å²) in [6, 6.07) is 6.56. The molecule has 2 N–H and O–H groups in total. The molecular formula is C13H13FN4O2S. The van der Waals surface area contributed by atoms with Crippen molar-refractivity contribution in [3.05, 3.63) is 41.3 Å². The number of halogens is 1. The van der Waals surface area contributed by atoms with E-state index in [9.17, 15) is 12.8 Å². The predicted molar refractivity (Wildman–Crippen MR) is 74.5 cm³/mol. The molecule has 1 aromatic heterocycles. The highest BCUT2D eigenvalue weighted by atomic mass is 32.2. The molecule has 0 saturated carbocycles. The lowest BCUT2D eigenvalue weighted by Gasteiger charge is -2.07. The van der Waals surface area contributed by atoms with E-state index in [1.54, 1.807) is 12.1 Å². The van der Waals surface area contributed by atoms with Crippen molar-refractivity contribution in [2.45, 2.75) is 24.7 Å². The van der Waals surface area contributed by atoms with Crippen LogP contribution in [-0.2, 0) is 16.4 Å². The Hall–Kier alpha value is -2.40. The van der Waals surface area contributed by atoms with Crippen molar-refractivity contribution < 1.29 is 12.8 Å². The van der Waals surface area contributed by atoms with Crippen LogP contribution in [0.2, 0.25) is 0 Å². The number of rotatable bonds is 5. The lowest BCUT2D eigenvalue weighted by atomic mass is 10.2. The molecule has 0 spiro atoms. The molecule has 6 nitrogen and oxygen atoms in total. The van der Waals surface area contributed by atoms with Crippen LogP contribution in [0.15, 0.2) is 29.2 Å². The molecule has 0 bridgehead atoms. The highest BCUT2D eigenvalue weighted by molar-refractivity contribution is 7.92. The zero-order chi connectivity index (χ0) is 15.5. The summed E-state index contributed by atoms with van der Waals surface area (Å²) in [5.74, 6) is -0.777. The van der Waals surface area contributed by atoms with Crippen molar-refractivity contribution in [3.63, 3.8) is 0 Å². The average molecular weight is 308 g/mol. The van der Waals surface area contributed by atoms with Gasteiger partial charge >= 0.3 is 0 Å². The maximum atomic E-state index is 13.5. The summed E-state index contributed by atoms with van der Waals surface area (Å²) >= 11 is 0. The van der Waals surface area contributed by atoms with E-state index in [1.165, 1.54) is 12.1 Å². The highest BCUT2D eigenvalue weighted by Crippen LogP contribution is 2.21. The van der Waals surface area contributed by atoms with Gasteiger partial charge in [0.2, 0.25) is 0 Å². The fourth-order valence-corrected chi connectivity index (χ4v) is 3.00. The van der Waals surface area contributed by atoms with Crippen molar-refractivity contribution in [2.75, 3.05) is 4.72 Å². The first-order valence-corrected chi connectivity index (χ1v) is 7.72. The minimum Gasteiger partial charge on any atom is -0.280 e. The molecular weight excluding hydrogens is 295 g/mol. The molecule has 0 aliphatic heterocycles. The fraction of sp³-hybridized carbons (Fsp3) is 0.231. The molecule has 0 saturated heterocycles. The maximum Gasteiger partial charge on any atom is 0.264 e. The number of hydrogen-bond acceptors (Lipinski definition) is 4. The molecule has 0 atom stereocenters. The van der Waals surface area contributed by atoms with Crippen molar-refractivity contribution in [3.8, 4) is 6.07 Å². The van der Waals surface area contributed by atoms with Gasteiger partial charge in [0.1, 0.15) is 22.3 Å². The van der Waals surface area contributed by atoms with Crippen LogP contribution >= 0.6 is 0 Å². The summed E-state index contributed by atoms with van der Waals surface area (Å²) in [6.07, 6.45) is 1.62. The molecule has 0 aliphatic carbocycles. The number of nitrogens with one attached hydrogen (secondary N) is 2. The van der Waals surface area contributed by atoms with Gasteiger partial charge in [-0.3, -0.25) is 9.82 Å². The van der Waals surface area contributed by atoms with Crippen LogP contribution in [0.5, 0.6) is 0 Å². The number of aryl methyl sites for hydroxylation is 1. The molecule has 8 heteroatoms. The topological polar surface area (TPSA) is 98.6 Å². The van der Waals surface area contributed by atoms with Crippen molar-refractivity contribution in [2.24, 2.45) is 0 Å². The van der Waals surface area contributed by atoms with Crippen LogP contribution in [0.3, 0.4) is 0 Å². The molecule has 1 heterocycles. The highest BCUT2D eigenvalue weighted by Gasteiger charge is 2.22. The smallest absolute Gasteiger partial charge is 0.264 e. The third-order valence-corrected chi connectivity index (χ3v) is 4.16. The van der Waals surface area contributed by atoms with E-state index >= 15 is 0 Å². The number of hydrogen-bond donors (Lipinski definition) is 2. The number of benzene rings is 1. The minimum absolute atomic E-state index is 0.103. The van der Waals surface area contributed by atoms with Gasteiger partial charge in [-0.15, -0.1) is 0 Å². The molecule has 0 unspecified atom stereocenters. The predicted octanol–water partition coefficient (Wildman–Crippen LogP) is 2.17. The van der Waals surface area contributed by atoms with Crippen molar-refractivity contribution in [1.29, 1.82) is 5.26 Å². The second kappa shape index (κ2) is 5.93. The van der Waals surface area contributed by atoms with E-state index in [2.05, 4.69) is 14.9 Å². The first kappa shape index (κ1) is 15.0. The van der Waals surface area contributed by atoms with Gasteiger partial charge in [-0.2, -0.15) is 10.4 Å². The van der Waals surface area contributed by atoms with Crippen LogP contribution in [0.25, 0.3) is 0 Å². The van der Waals surface area contributed by atoms with E-state index in [0.717, 1.165) is 24.6 Å². The van der Waals surface area contributed by atoms with E-state index in [-0.39, 0.29) is 5.82 Å². The Kier molecular flexibility index (Phi) is 4.23. The van der Waals surface area contributed by atoms with Crippen LogP contribution in [0.1, 0.15) is 24.6 Å². The van der Waals surface area contributed by atoms with Gasteiger partial charge in [-0.05, 0) is 18.6 Å². The van der Waals surface area contributed by atoms with Crippen molar-refractivity contribution >= 4 is 15.8 Å². The molecule has 0 aliphatic rings. The monoisotopic (exact) mass is 308 g/mol. The molecule has 1 aromatic carbocycles. The number of nitrogens with zero attached hydrogens (tertiary/aromatic N) is 2. The molecule has 110 valence electrons. The number of H-pyrrole nitrogens is 1. The van der Waals surface area contributed by atoms with Gasteiger partial charge in [0.15, 0.2) is 5.82 Å². The van der Waals surface area contributed by atoms with Gasteiger partial charge in [0.05, 0.1) is 0 Å². The standard InChI is InChI=1S/C13H13FN4O2S/c1-2-4-9-7-13(17-16-9)18-21(19,20)12-6-3-5-11(14)10(12)8-15/h3,5-7H,2,4H2,1H3,(H2,16,17,18). The number of aromatic nitrogens is 2. The Morgan fingerprint density at radius 2 is 2.24 bits per heavy atom. The third-order valence-electron chi connectivity index (χ3n) is 2.77. The lowest BCUT2D eigenvalue weighted by Crippen LogP contribution is -2.15. The lowest BCUT2D eigenvalue weighted by molar-refractivity contribution is 0.593. The SMILES string of the molecule is CCCc1cc(NS(=O)(=O)c2cccc(F)c2C#N)n[nH]1. The van der Waals surface area contributed by atoms with Gasteiger partial charge in [-0.1, -0.05) is 19.4 Å². The molecule has 0 fully saturated rings. The van der Waals surface area contributed by atoms with Crippen molar-refractivity contribution in [1.82, 2.24) is 10.2 Å². The Balaban J connectivity index is 2.34. The zero-order valence-corrected chi connectivity index (χ0v) is 12.0.